The van der Waals surface area contributed by atoms with Crippen LogP contribution in [-0.4, -0.2) is 17.7 Å². The minimum Gasteiger partial charge on any atom is -0.475 e. The Morgan fingerprint density at radius 2 is 2.39 bits per heavy atom. The molecule has 1 fully saturated rings. The molecule has 0 radical (unpaired) electrons. The van der Waals surface area contributed by atoms with Crippen LogP contribution in [0.1, 0.15) is 48.7 Å². The third-order valence-electron chi connectivity index (χ3n) is 3.60. The van der Waals surface area contributed by atoms with Gasteiger partial charge in [0.1, 0.15) is 0 Å². The first-order chi connectivity index (χ1) is 8.66. The lowest BCUT2D eigenvalue weighted by molar-refractivity contribution is 0.0590. The summed E-state index contributed by atoms with van der Waals surface area (Å²) in [6.45, 7) is 3.32. The van der Waals surface area contributed by atoms with Gasteiger partial charge in [0.25, 0.3) is 0 Å². The number of hydrogen-bond donors (Lipinski definition) is 1. The summed E-state index contributed by atoms with van der Waals surface area (Å²) in [5.41, 5.74) is 0.617. The molecule has 2 atom stereocenters. The molecule has 1 N–H and O–H groups in total. The lowest BCUT2D eigenvalue weighted by Crippen LogP contribution is -2.18. The van der Waals surface area contributed by atoms with Crippen LogP contribution in [0.3, 0.4) is 0 Å². The second-order valence-corrected chi connectivity index (χ2v) is 5.23. The molecular formula is C14H20O4. The molecule has 1 aromatic heterocycles. The number of ether oxygens (including phenoxy) is 1. The van der Waals surface area contributed by atoms with Gasteiger partial charge in [-0.1, -0.05) is 19.8 Å². The fourth-order valence-electron chi connectivity index (χ4n) is 2.68. The molecule has 1 heterocycles. The van der Waals surface area contributed by atoms with E-state index >= 15 is 0 Å². The normalized spacial score (nSPS) is 24.1. The second kappa shape index (κ2) is 6.05. The van der Waals surface area contributed by atoms with Gasteiger partial charge in [0.15, 0.2) is 0 Å². The van der Waals surface area contributed by atoms with Crippen LogP contribution in [0.25, 0.3) is 0 Å². The number of carbonyl (C=O) groups is 1. The molecule has 4 nitrogen and oxygen atoms in total. The first-order valence-electron chi connectivity index (χ1n) is 6.54. The van der Waals surface area contributed by atoms with Crippen LogP contribution in [0.4, 0.5) is 0 Å². The fourth-order valence-corrected chi connectivity index (χ4v) is 2.68. The molecule has 2 rings (SSSR count). The molecule has 18 heavy (non-hydrogen) atoms. The highest BCUT2D eigenvalue weighted by atomic mass is 16.5. The van der Waals surface area contributed by atoms with E-state index in [1.54, 1.807) is 6.07 Å². The van der Waals surface area contributed by atoms with E-state index in [9.17, 15) is 4.79 Å². The Hall–Kier alpha value is -1.29. The van der Waals surface area contributed by atoms with Gasteiger partial charge < -0.3 is 14.3 Å². The zero-order chi connectivity index (χ0) is 13.0. The molecule has 1 aliphatic carbocycles. The Labute approximate surface area is 107 Å². The monoisotopic (exact) mass is 252 g/mol. The topological polar surface area (TPSA) is 59.7 Å². The van der Waals surface area contributed by atoms with Crippen molar-refractivity contribution >= 4 is 5.97 Å². The summed E-state index contributed by atoms with van der Waals surface area (Å²) >= 11 is 0. The van der Waals surface area contributed by atoms with Crippen molar-refractivity contribution < 1.29 is 19.1 Å². The van der Waals surface area contributed by atoms with Crippen LogP contribution in [0.2, 0.25) is 0 Å². The van der Waals surface area contributed by atoms with Crippen LogP contribution in [-0.2, 0) is 11.3 Å². The molecular weight excluding hydrogens is 232 g/mol. The van der Waals surface area contributed by atoms with Crippen molar-refractivity contribution in [2.75, 3.05) is 6.61 Å². The van der Waals surface area contributed by atoms with E-state index in [1.165, 1.54) is 31.9 Å². The summed E-state index contributed by atoms with van der Waals surface area (Å²) < 4.78 is 10.5. The maximum Gasteiger partial charge on any atom is 0.372 e. The van der Waals surface area contributed by atoms with Gasteiger partial charge in [-0.05, 0) is 30.7 Å². The molecule has 0 saturated heterocycles. The van der Waals surface area contributed by atoms with Crippen molar-refractivity contribution in [1.82, 2.24) is 0 Å². The average Bonchev–Trinajstić information content (AvgIpc) is 2.77. The van der Waals surface area contributed by atoms with Crippen LogP contribution in [0.5, 0.6) is 0 Å². The van der Waals surface area contributed by atoms with E-state index in [2.05, 4.69) is 6.92 Å². The highest BCUT2D eigenvalue weighted by Gasteiger charge is 2.19. The highest BCUT2D eigenvalue weighted by Crippen LogP contribution is 2.28. The second-order valence-electron chi connectivity index (χ2n) is 5.23. The van der Waals surface area contributed by atoms with Crippen molar-refractivity contribution in [2.24, 2.45) is 11.8 Å². The maximum atomic E-state index is 10.8. The Balaban J connectivity index is 1.78. The predicted molar refractivity (Wildman–Crippen MR) is 66.4 cm³/mol. The zero-order valence-corrected chi connectivity index (χ0v) is 10.7. The molecule has 0 amide bonds. The third kappa shape index (κ3) is 3.35. The molecule has 2 unspecified atom stereocenters. The number of hydrogen-bond acceptors (Lipinski definition) is 3. The number of carboxylic acids is 1. The maximum absolute atomic E-state index is 10.8. The SMILES string of the molecule is CC1CCCC(COCc2ccoc2C(=O)O)C1. The molecule has 100 valence electrons. The average molecular weight is 252 g/mol. The van der Waals surface area contributed by atoms with Gasteiger partial charge in [0, 0.05) is 12.2 Å². The number of aromatic carboxylic acids is 1. The van der Waals surface area contributed by atoms with Crippen molar-refractivity contribution in [2.45, 2.75) is 39.2 Å². The van der Waals surface area contributed by atoms with Crippen molar-refractivity contribution in [3.63, 3.8) is 0 Å². The fraction of sp³-hybridized carbons (Fsp3) is 0.643. The Morgan fingerprint density at radius 3 is 3.11 bits per heavy atom. The summed E-state index contributed by atoms with van der Waals surface area (Å²) in [4.78, 5) is 10.8. The third-order valence-corrected chi connectivity index (χ3v) is 3.60. The van der Waals surface area contributed by atoms with E-state index in [0.29, 0.717) is 24.7 Å². The Bertz CT molecular complexity index is 396. The predicted octanol–water partition coefficient (Wildman–Crippen LogP) is 3.32. The standard InChI is InChI=1S/C14H20O4/c1-10-3-2-4-11(7-10)8-17-9-12-5-6-18-13(12)14(15)16/h5-6,10-11H,2-4,7-9H2,1H3,(H,15,16). The Kier molecular flexibility index (Phi) is 4.42. The molecule has 0 aliphatic heterocycles. The number of rotatable bonds is 5. The number of carboxylic acid groups (broad SMARTS) is 1. The van der Waals surface area contributed by atoms with E-state index in [4.69, 9.17) is 14.3 Å². The van der Waals surface area contributed by atoms with Gasteiger partial charge in [-0.25, -0.2) is 4.79 Å². The van der Waals surface area contributed by atoms with E-state index in [-0.39, 0.29) is 5.76 Å². The lowest BCUT2D eigenvalue weighted by Gasteiger charge is -2.26. The summed E-state index contributed by atoms with van der Waals surface area (Å²) in [5.74, 6) is 0.363. The van der Waals surface area contributed by atoms with Crippen LogP contribution in [0.15, 0.2) is 16.7 Å². The van der Waals surface area contributed by atoms with Crippen LogP contribution < -0.4 is 0 Å². The summed E-state index contributed by atoms with van der Waals surface area (Å²) in [7, 11) is 0. The quantitative estimate of drug-likeness (QED) is 0.873. The van der Waals surface area contributed by atoms with E-state index in [0.717, 1.165) is 5.92 Å². The van der Waals surface area contributed by atoms with Gasteiger partial charge in [-0.2, -0.15) is 0 Å². The molecule has 0 bridgehead atoms. The van der Waals surface area contributed by atoms with Crippen molar-refractivity contribution in [3.8, 4) is 0 Å². The first-order valence-corrected chi connectivity index (χ1v) is 6.54. The van der Waals surface area contributed by atoms with Crippen molar-refractivity contribution in [1.29, 1.82) is 0 Å². The van der Waals surface area contributed by atoms with Gasteiger partial charge in [-0.15, -0.1) is 0 Å². The van der Waals surface area contributed by atoms with E-state index in [1.807, 2.05) is 0 Å². The largest absolute Gasteiger partial charge is 0.475 e. The molecule has 1 saturated carbocycles. The first kappa shape index (κ1) is 13.1. The van der Waals surface area contributed by atoms with Crippen LogP contribution in [0, 0.1) is 11.8 Å². The molecule has 1 aliphatic rings. The van der Waals surface area contributed by atoms with Crippen molar-refractivity contribution in [3.05, 3.63) is 23.7 Å². The summed E-state index contributed by atoms with van der Waals surface area (Å²) in [5, 5.41) is 8.89. The van der Waals surface area contributed by atoms with Gasteiger partial charge in [0.2, 0.25) is 5.76 Å². The Morgan fingerprint density at radius 1 is 1.56 bits per heavy atom. The summed E-state index contributed by atoms with van der Waals surface area (Å²) in [6, 6.07) is 1.66. The van der Waals surface area contributed by atoms with Crippen LogP contribution >= 0.6 is 0 Å². The van der Waals surface area contributed by atoms with Gasteiger partial charge >= 0.3 is 5.97 Å². The molecule has 1 aromatic rings. The minimum absolute atomic E-state index is 0.00740. The smallest absolute Gasteiger partial charge is 0.372 e. The molecule has 0 aromatic carbocycles. The highest BCUT2D eigenvalue weighted by molar-refractivity contribution is 5.85. The van der Waals surface area contributed by atoms with Gasteiger partial charge in [-0.3, -0.25) is 0 Å². The molecule has 0 spiro atoms. The summed E-state index contributed by atoms with van der Waals surface area (Å²) in [6.07, 6.45) is 6.44. The minimum atomic E-state index is -1.04. The zero-order valence-electron chi connectivity index (χ0n) is 10.7. The molecule has 4 heteroatoms. The lowest BCUT2D eigenvalue weighted by atomic mass is 9.83. The van der Waals surface area contributed by atoms with E-state index < -0.39 is 5.97 Å². The van der Waals surface area contributed by atoms with Gasteiger partial charge in [0.05, 0.1) is 12.9 Å². The number of furan rings is 1.